The predicted molar refractivity (Wildman–Crippen MR) is 77.5 cm³/mol. The van der Waals surface area contributed by atoms with E-state index in [1.165, 1.54) is 12.1 Å². The van der Waals surface area contributed by atoms with Crippen LogP contribution >= 0.6 is 11.6 Å². The Morgan fingerprint density at radius 3 is 2.86 bits per heavy atom. The molecule has 1 aromatic rings. The van der Waals surface area contributed by atoms with Gasteiger partial charge in [0.2, 0.25) is 5.91 Å². The van der Waals surface area contributed by atoms with Crippen molar-refractivity contribution in [2.45, 2.75) is 31.9 Å². The molecule has 1 fully saturated rings. The van der Waals surface area contributed by atoms with E-state index in [0.717, 1.165) is 12.8 Å². The third-order valence-corrected chi connectivity index (χ3v) is 3.80. The minimum absolute atomic E-state index is 0.00269. The number of carbonyl (C=O) groups is 1. The summed E-state index contributed by atoms with van der Waals surface area (Å²) in [6, 6.07) is 3.49. The fourth-order valence-electron chi connectivity index (χ4n) is 1.89. The van der Waals surface area contributed by atoms with Crippen LogP contribution in [0.1, 0.15) is 31.4 Å². The van der Waals surface area contributed by atoms with Crippen molar-refractivity contribution in [1.29, 1.82) is 0 Å². The molecule has 0 bridgehead atoms. The molecule has 1 saturated carbocycles. The summed E-state index contributed by atoms with van der Waals surface area (Å²) in [7, 11) is 0. The third-order valence-electron chi connectivity index (χ3n) is 3.49. The molecule has 0 spiro atoms. The van der Waals surface area contributed by atoms with Gasteiger partial charge < -0.3 is 15.2 Å². The first-order valence-corrected chi connectivity index (χ1v) is 7.37. The Morgan fingerprint density at radius 2 is 2.29 bits per heavy atom. The van der Waals surface area contributed by atoms with E-state index in [1.54, 1.807) is 13.0 Å². The molecule has 116 valence electrons. The minimum Gasteiger partial charge on any atom is -0.394 e. The Kier molecular flexibility index (Phi) is 5.56. The standard InChI is InChI=1S/C15H19ClFNO3/c1-9(21-8-10-2-3-10)15(20)18-14(7-19)11-4-5-12(16)13(17)6-11/h4-6,9-10,14,19H,2-3,7-8H2,1H3,(H,18,20). The fraction of sp³-hybridized carbons (Fsp3) is 0.533. The number of aliphatic hydroxyl groups is 1. The highest BCUT2D eigenvalue weighted by atomic mass is 35.5. The molecule has 4 nitrogen and oxygen atoms in total. The maximum Gasteiger partial charge on any atom is 0.249 e. The Bertz CT molecular complexity index is 508. The zero-order chi connectivity index (χ0) is 15.4. The molecular formula is C15H19ClFNO3. The van der Waals surface area contributed by atoms with Crippen LogP contribution in [-0.2, 0) is 9.53 Å². The number of rotatable bonds is 7. The predicted octanol–water partition coefficient (Wildman–Crippen LogP) is 2.44. The summed E-state index contributed by atoms with van der Waals surface area (Å²) < 4.78 is 18.9. The summed E-state index contributed by atoms with van der Waals surface area (Å²) >= 11 is 5.62. The average molecular weight is 316 g/mol. The summed E-state index contributed by atoms with van der Waals surface area (Å²) in [6.45, 7) is 1.91. The van der Waals surface area contributed by atoms with E-state index in [9.17, 15) is 14.3 Å². The van der Waals surface area contributed by atoms with Gasteiger partial charge in [-0.25, -0.2) is 4.39 Å². The number of hydrogen-bond acceptors (Lipinski definition) is 3. The maximum atomic E-state index is 13.4. The largest absolute Gasteiger partial charge is 0.394 e. The SMILES string of the molecule is CC(OCC1CC1)C(=O)NC(CO)c1ccc(Cl)c(F)c1. The zero-order valence-corrected chi connectivity index (χ0v) is 12.6. The van der Waals surface area contributed by atoms with Crippen LogP contribution in [0, 0.1) is 11.7 Å². The number of aliphatic hydroxyl groups excluding tert-OH is 1. The smallest absolute Gasteiger partial charge is 0.249 e. The van der Waals surface area contributed by atoms with Crippen LogP contribution in [0.3, 0.4) is 0 Å². The van der Waals surface area contributed by atoms with E-state index < -0.39 is 18.0 Å². The first-order chi connectivity index (χ1) is 10.0. The molecule has 21 heavy (non-hydrogen) atoms. The molecule has 1 aliphatic carbocycles. The van der Waals surface area contributed by atoms with Gasteiger partial charge in [0, 0.05) is 0 Å². The summed E-state index contributed by atoms with van der Waals surface area (Å²) in [5.74, 6) is -0.343. The number of benzene rings is 1. The van der Waals surface area contributed by atoms with E-state index in [2.05, 4.69) is 5.32 Å². The zero-order valence-electron chi connectivity index (χ0n) is 11.8. The number of amides is 1. The van der Waals surface area contributed by atoms with Gasteiger partial charge >= 0.3 is 0 Å². The van der Waals surface area contributed by atoms with Crippen LogP contribution in [0.2, 0.25) is 5.02 Å². The van der Waals surface area contributed by atoms with Gasteiger partial charge in [-0.15, -0.1) is 0 Å². The first kappa shape index (κ1) is 16.2. The molecule has 2 unspecified atom stereocenters. The quantitative estimate of drug-likeness (QED) is 0.812. The minimum atomic E-state index is -0.684. The summed E-state index contributed by atoms with van der Waals surface area (Å²) in [5.41, 5.74) is 0.460. The number of ether oxygens (including phenoxy) is 1. The van der Waals surface area contributed by atoms with Gasteiger partial charge in [0.15, 0.2) is 0 Å². The molecule has 1 amide bonds. The highest BCUT2D eigenvalue weighted by Crippen LogP contribution is 2.29. The molecule has 2 atom stereocenters. The van der Waals surface area contributed by atoms with Crippen LogP contribution in [0.4, 0.5) is 4.39 Å². The molecule has 1 aliphatic rings. The van der Waals surface area contributed by atoms with Gasteiger partial charge in [-0.3, -0.25) is 4.79 Å². The Morgan fingerprint density at radius 1 is 1.57 bits per heavy atom. The summed E-state index contributed by atoms with van der Waals surface area (Å²) in [6.07, 6.45) is 1.70. The Hall–Kier alpha value is -1.17. The third kappa shape index (κ3) is 4.66. The Balaban J connectivity index is 1.93. The van der Waals surface area contributed by atoms with Crippen molar-refractivity contribution in [3.63, 3.8) is 0 Å². The monoisotopic (exact) mass is 315 g/mol. The highest BCUT2D eigenvalue weighted by molar-refractivity contribution is 6.30. The van der Waals surface area contributed by atoms with Gasteiger partial charge in [-0.05, 0) is 43.4 Å². The fourth-order valence-corrected chi connectivity index (χ4v) is 2.01. The van der Waals surface area contributed by atoms with E-state index in [1.807, 2.05) is 0 Å². The second-order valence-corrected chi connectivity index (χ2v) is 5.74. The average Bonchev–Trinajstić information content (AvgIpc) is 3.29. The van der Waals surface area contributed by atoms with Gasteiger partial charge in [0.1, 0.15) is 11.9 Å². The van der Waals surface area contributed by atoms with Crippen molar-refractivity contribution >= 4 is 17.5 Å². The van der Waals surface area contributed by atoms with Crippen LogP contribution in [-0.4, -0.2) is 30.3 Å². The number of hydrogen-bond donors (Lipinski definition) is 2. The normalized spacial score (nSPS) is 17.3. The van der Waals surface area contributed by atoms with Gasteiger partial charge in [0.25, 0.3) is 0 Å². The Labute approximate surface area is 128 Å². The van der Waals surface area contributed by atoms with Gasteiger partial charge in [0.05, 0.1) is 24.3 Å². The first-order valence-electron chi connectivity index (χ1n) is 6.99. The molecule has 2 N–H and O–H groups in total. The topological polar surface area (TPSA) is 58.6 Å². The second kappa shape index (κ2) is 7.20. The lowest BCUT2D eigenvalue weighted by molar-refractivity contribution is -0.133. The highest BCUT2D eigenvalue weighted by Gasteiger charge is 2.25. The van der Waals surface area contributed by atoms with E-state index in [0.29, 0.717) is 18.1 Å². The van der Waals surface area contributed by atoms with Gasteiger partial charge in [-0.1, -0.05) is 17.7 Å². The molecule has 0 radical (unpaired) electrons. The molecule has 1 aromatic carbocycles. The van der Waals surface area contributed by atoms with Crippen LogP contribution in [0.15, 0.2) is 18.2 Å². The van der Waals surface area contributed by atoms with Gasteiger partial charge in [-0.2, -0.15) is 0 Å². The van der Waals surface area contributed by atoms with Crippen molar-refractivity contribution in [2.24, 2.45) is 5.92 Å². The van der Waals surface area contributed by atoms with E-state index >= 15 is 0 Å². The van der Waals surface area contributed by atoms with Crippen LogP contribution in [0.5, 0.6) is 0 Å². The van der Waals surface area contributed by atoms with Crippen molar-refractivity contribution in [3.05, 3.63) is 34.6 Å². The van der Waals surface area contributed by atoms with Crippen LogP contribution in [0.25, 0.3) is 0 Å². The van der Waals surface area contributed by atoms with Crippen molar-refractivity contribution in [3.8, 4) is 0 Å². The molecule has 0 heterocycles. The number of nitrogens with one attached hydrogen (secondary N) is 1. The van der Waals surface area contributed by atoms with Crippen LogP contribution < -0.4 is 5.32 Å². The second-order valence-electron chi connectivity index (χ2n) is 5.34. The molecule has 6 heteroatoms. The molecular weight excluding hydrogens is 297 g/mol. The summed E-state index contributed by atoms with van der Waals surface area (Å²) in [5, 5.41) is 12.0. The number of carbonyl (C=O) groups excluding carboxylic acids is 1. The number of halogens is 2. The molecule has 2 rings (SSSR count). The van der Waals surface area contributed by atoms with Crippen molar-refractivity contribution < 1.29 is 19.0 Å². The summed E-state index contributed by atoms with van der Waals surface area (Å²) in [4.78, 5) is 12.0. The lowest BCUT2D eigenvalue weighted by Crippen LogP contribution is -2.38. The maximum absolute atomic E-state index is 13.4. The van der Waals surface area contributed by atoms with E-state index in [4.69, 9.17) is 16.3 Å². The molecule has 0 aliphatic heterocycles. The van der Waals surface area contributed by atoms with Crippen molar-refractivity contribution in [2.75, 3.05) is 13.2 Å². The van der Waals surface area contributed by atoms with E-state index in [-0.39, 0.29) is 17.5 Å². The molecule has 0 saturated heterocycles. The lowest BCUT2D eigenvalue weighted by atomic mass is 10.1. The molecule has 0 aromatic heterocycles. The van der Waals surface area contributed by atoms with Crippen molar-refractivity contribution in [1.82, 2.24) is 5.32 Å². The lowest BCUT2D eigenvalue weighted by Gasteiger charge is -2.20.